The average Bonchev–Trinajstić information content (AvgIpc) is 2.93. The van der Waals surface area contributed by atoms with E-state index in [1.54, 1.807) is 12.1 Å². The number of carbonyl (C=O) groups is 1. The fraction of sp³-hybridized carbons (Fsp3) is 0.533. The number of hydrogen-bond donors (Lipinski definition) is 0. The van der Waals surface area contributed by atoms with E-state index in [0.29, 0.717) is 6.04 Å². The fourth-order valence-electron chi connectivity index (χ4n) is 3.01. The Balaban J connectivity index is 2.38. The smallest absolute Gasteiger partial charge is 0.280 e. The summed E-state index contributed by atoms with van der Waals surface area (Å²) in [6.45, 7) is 4.30. The molecule has 1 aliphatic carbocycles. The van der Waals surface area contributed by atoms with Gasteiger partial charge in [0.25, 0.3) is 5.69 Å². The van der Waals surface area contributed by atoms with Crippen molar-refractivity contribution in [1.29, 1.82) is 0 Å². The normalized spacial score (nSPS) is 15.3. The van der Waals surface area contributed by atoms with Gasteiger partial charge >= 0.3 is 0 Å². The molecule has 5 nitrogen and oxygen atoms in total. The zero-order valence-electron chi connectivity index (χ0n) is 12.0. The van der Waals surface area contributed by atoms with Crippen LogP contribution in [-0.2, 0) is 0 Å². The number of carbonyl (C=O) groups excluding carboxylic acids is 1. The minimum atomic E-state index is -0.494. The van der Waals surface area contributed by atoms with Crippen LogP contribution < -0.4 is 4.90 Å². The third kappa shape index (κ3) is 2.81. The molecule has 5 heteroatoms. The summed E-state index contributed by atoms with van der Waals surface area (Å²) in [6.07, 6.45) is 4.77. The minimum absolute atomic E-state index is 0.108. The zero-order valence-corrected chi connectivity index (χ0v) is 12.0. The Morgan fingerprint density at radius 3 is 2.55 bits per heavy atom. The van der Waals surface area contributed by atoms with E-state index < -0.39 is 4.92 Å². The van der Waals surface area contributed by atoms with Gasteiger partial charge < -0.3 is 4.90 Å². The van der Waals surface area contributed by atoms with Gasteiger partial charge in [-0.05, 0) is 38.8 Å². The molecule has 0 spiro atoms. The van der Waals surface area contributed by atoms with E-state index in [9.17, 15) is 14.9 Å². The summed E-state index contributed by atoms with van der Waals surface area (Å²) in [7, 11) is 0. The van der Waals surface area contributed by atoms with Crippen LogP contribution in [0.25, 0.3) is 0 Å². The Morgan fingerprint density at radius 2 is 2.05 bits per heavy atom. The van der Waals surface area contributed by atoms with E-state index in [-0.39, 0.29) is 17.0 Å². The van der Waals surface area contributed by atoms with Crippen LogP contribution in [0, 0.1) is 10.1 Å². The van der Waals surface area contributed by atoms with Crippen LogP contribution in [0.15, 0.2) is 18.2 Å². The lowest BCUT2D eigenvalue weighted by molar-refractivity contribution is -0.385. The summed E-state index contributed by atoms with van der Waals surface area (Å²) in [5.74, 6) is -0.263. The van der Waals surface area contributed by atoms with Crippen molar-refractivity contribution in [3.8, 4) is 0 Å². The Morgan fingerprint density at radius 1 is 1.40 bits per heavy atom. The summed E-state index contributed by atoms with van der Waals surface area (Å²) < 4.78 is 0. The average molecular weight is 276 g/mol. The molecular weight excluding hydrogens is 256 g/mol. The van der Waals surface area contributed by atoms with Gasteiger partial charge in [0.1, 0.15) is 0 Å². The highest BCUT2D eigenvalue weighted by Crippen LogP contribution is 2.31. The third-order valence-corrected chi connectivity index (χ3v) is 3.99. The molecule has 0 radical (unpaired) electrons. The van der Waals surface area contributed by atoms with Gasteiger partial charge in [-0.1, -0.05) is 12.8 Å². The van der Waals surface area contributed by atoms with Gasteiger partial charge in [0.05, 0.1) is 10.5 Å². The first-order chi connectivity index (χ1) is 9.54. The van der Waals surface area contributed by atoms with Crippen molar-refractivity contribution in [1.82, 2.24) is 0 Å². The summed E-state index contributed by atoms with van der Waals surface area (Å²) >= 11 is 0. The van der Waals surface area contributed by atoms with Crippen molar-refractivity contribution in [2.45, 2.75) is 45.6 Å². The van der Waals surface area contributed by atoms with Crippen molar-refractivity contribution < 1.29 is 9.72 Å². The Bertz CT molecular complexity index is 522. The number of nitro groups is 1. The molecule has 1 aromatic carbocycles. The largest absolute Gasteiger partial charge is 0.369 e. The standard InChI is InChI=1S/C15H20N2O3/c1-3-16(12-6-4-5-7-12)13-8-9-15(17(19)20)14(10-13)11(2)18/h8-10,12H,3-7H2,1-2H3. The summed E-state index contributed by atoms with van der Waals surface area (Å²) in [6, 6.07) is 5.36. The molecule has 0 aromatic heterocycles. The number of Topliss-reactive ketones (excluding diaryl/α,β-unsaturated/α-hetero) is 1. The van der Waals surface area contributed by atoms with E-state index in [1.807, 2.05) is 0 Å². The second-order valence-corrected chi connectivity index (χ2v) is 5.24. The van der Waals surface area contributed by atoms with Crippen LogP contribution in [0.2, 0.25) is 0 Å². The lowest BCUT2D eigenvalue weighted by Crippen LogP contribution is -2.33. The molecule has 0 amide bonds. The number of nitrogens with zero attached hydrogens (tertiary/aromatic N) is 2. The maximum absolute atomic E-state index is 11.6. The first kappa shape index (κ1) is 14.5. The quantitative estimate of drug-likeness (QED) is 0.468. The van der Waals surface area contributed by atoms with Gasteiger partial charge in [0.2, 0.25) is 0 Å². The van der Waals surface area contributed by atoms with E-state index in [0.717, 1.165) is 25.1 Å². The van der Waals surface area contributed by atoms with Crippen LogP contribution in [0.5, 0.6) is 0 Å². The van der Waals surface area contributed by atoms with Crippen molar-refractivity contribution >= 4 is 17.2 Å². The number of nitro benzene ring substituents is 1. The SMILES string of the molecule is CCN(c1ccc([N+](=O)[O-])c(C(C)=O)c1)C1CCCC1. The van der Waals surface area contributed by atoms with E-state index >= 15 is 0 Å². The first-order valence-electron chi connectivity index (χ1n) is 7.10. The number of benzene rings is 1. The van der Waals surface area contributed by atoms with E-state index in [2.05, 4.69) is 11.8 Å². The summed E-state index contributed by atoms with van der Waals surface area (Å²) in [4.78, 5) is 24.4. The van der Waals surface area contributed by atoms with Crippen molar-refractivity contribution in [2.75, 3.05) is 11.4 Å². The highest BCUT2D eigenvalue weighted by atomic mass is 16.6. The summed E-state index contributed by atoms with van der Waals surface area (Å²) in [5, 5.41) is 11.0. The molecule has 108 valence electrons. The number of rotatable bonds is 5. The molecule has 0 bridgehead atoms. The molecule has 0 N–H and O–H groups in total. The molecule has 0 atom stereocenters. The monoisotopic (exact) mass is 276 g/mol. The maximum Gasteiger partial charge on any atom is 0.280 e. The molecule has 0 unspecified atom stereocenters. The number of anilines is 1. The van der Waals surface area contributed by atoms with Gasteiger partial charge in [-0.15, -0.1) is 0 Å². The molecule has 1 saturated carbocycles. The fourth-order valence-corrected chi connectivity index (χ4v) is 3.01. The second-order valence-electron chi connectivity index (χ2n) is 5.24. The molecule has 0 aliphatic heterocycles. The topological polar surface area (TPSA) is 63.4 Å². The Kier molecular flexibility index (Phi) is 4.37. The Hall–Kier alpha value is -1.91. The zero-order chi connectivity index (χ0) is 14.7. The van der Waals surface area contributed by atoms with Gasteiger partial charge in [-0.25, -0.2) is 0 Å². The molecule has 0 heterocycles. The predicted molar refractivity (Wildman–Crippen MR) is 78.4 cm³/mol. The number of ketones is 1. The highest BCUT2D eigenvalue weighted by Gasteiger charge is 2.24. The Labute approximate surface area is 118 Å². The summed E-state index contributed by atoms with van der Waals surface area (Å²) in [5.41, 5.74) is 1.00. The molecule has 20 heavy (non-hydrogen) atoms. The van der Waals surface area contributed by atoms with Crippen molar-refractivity contribution in [3.63, 3.8) is 0 Å². The van der Waals surface area contributed by atoms with E-state index in [4.69, 9.17) is 0 Å². The van der Waals surface area contributed by atoms with Crippen LogP contribution in [0.1, 0.15) is 49.9 Å². The number of hydrogen-bond acceptors (Lipinski definition) is 4. The molecular formula is C15H20N2O3. The highest BCUT2D eigenvalue weighted by molar-refractivity contribution is 5.99. The van der Waals surface area contributed by atoms with E-state index in [1.165, 1.54) is 25.8 Å². The molecule has 0 saturated heterocycles. The van der Waals surface area contributed by atoms with Gasteiger partial charge in [-0.3, -0.25) is 14.9 Å². The van der Waals surface area contributed by atoms with Crippen LogP contribution in [0.3, 0.4) is 0 Å². The molecule has 1 fully saturated rings. The molecule has 1 aromatic rings. The molecule has 1 aliphatic rings. The maximum atomic E-state index is 11.6. The van der Waals surface area contributed by atoms with Gasteiger partial charge in [0, 0.05) is 24.3 Å². The van der Waals surface area contributed by atoms with Gasteiger partial charge in [-0.2, -0.15) is 0 Å². The second kappa shape index (κ2) is 6.03. The van der Waals surface area contributed by atoms with Crippen molar-refractivity contribution in [3.05, 3.63) is 33.9 Å². The molecule has 2 rings (SSSR count). The minimum Gasteiger partial charge on any atom is -0.369 e. The van der Waals surface area contributed by atoms with Crippen LogP contribution in [-0.4, -0.2) is 23.3 Å². The lowest BCUT2D eigenvalue weighted by atomic mass is 10.1. The van der Waals surface area contributed by atoms with Crippen LogP contribution >= 0.6 is 0 Å². The van der Waals surface area contributed by atoms with Crippen LogP contribution in [0.4, 0.5) is 11.4 Å². The van der Waals surface area contributed by atoms with Gasteiger partial charge in [0.15, 0.2) is 5.78 Å². The third-order valence-electron chi connectivity index (χ3n) is 3.99. The first-order valence-corrected chi connectivity index (χ1v) is 7.10. The predicted octanol–water partition coefficient (Wildman–Crippen LogP) is 3.57. The van der Waals surface area contributed by atoms with Crippen molar-refractivity contribution in [2.24, 2.45) is 0 Å². The lowest BCUT2D eigenvalue weighted by Gasteiger charge is -2.30.